The lowest BCUT2D eigenvalue weighted by molar-refractivity contribution is -0.0387. The Balaban J connectivity index is 1.36. The molecule has 1 N–H and O–H groups in total. The first-order valence-electron chi connectivity index (χ1n) is 11.3. The minimum Gasteiger partial charge on any atom is -0.444 e. The lowest BCUT2D eigenvalue weighted by atomic mass is 9.64. The minimum absolute atomic E-state index is 0.143. The average Bonchev–Trinajstić information content (AvgIpc) is 2.68. The fourth-order valence-electron chi connectivity index (χ4n) is 5.65. The van der Waals surface area contributed by atoms with Gasteiger partial charge in [-0.15, -0.1) is 0 Å². The summed E-state index contributed by atoms with van der Waals surface area (Å²) in [6.07, 6.45) is 6.11. The number of aryl methyl sites for hydroxylation is 1. The van der Waals surface area contributed by atoms with Gasteiger partial charge in [0.2, 0.25) is 0 Å². The maximum absolute atomic E-state index is 12.3. The van der Waals surface area contributed by atoms with Gasteiger partial charge in [-0.3, -0.25) is 4.90 Å². The third-order valence-electron chi connectivity index (χ3n) is 7.11. The molecule has 1 aliphatic carbocycles. The number of aliphatic hydroxyl groups excluding tert-OH is 1. The number of hydrogen-bond donors (Lipinski definition) is 1. The zero-order chi connectivity index (χ0) is 20.6. The summed E-state index contributed by atoms with van der Waals surface area (Å²) in [5.74, 6) is 0. The Labute approximate surface area is 175 Å². The van der Waals surface area contributed by atoms with Gasteiger partial charge in [0.25, 0.3) is 0 Å². The second-order valence-corrected chi connectivity index (χ2v) is 10.2. The molecule has 2 atom stereocenters. The molecule has 1 aromatic rings. The Morgan fingerprint density at radius 3 is 2.55 bits per heavy atom. The second kappa shape index (κ2) is 7.92. The zero-order valence-corrected chi connectivity index (χ0v) is 18.2. The molecule has 5 nitrogen and oxygen atoms in total. The van der Waals surface area contributed by atoms with Gasteiger partial charge in [0.1, 0.15) is 5.60 Å². The van der Waals surface area contributed by atoms with E-state index in [2.05, 4.69) is 29.2 Å². The predicted octanol–water partition coefficient (Wildman–Crippen LogP) is 3.73. The first kappa shape index (κ1) is 20.7. The highest BCUT2D eigenvalue weighted by molar-refractivity contribution is 5.68. The van der Waals surface area contributed by atoms with Crippen LogP contribution < -0.4 is 0 Å². The van der Waals surface area contributed by atoms with Crippen LogP contribution in [-0.4, -0.2) is 64.9 Å². The van der Waals surface area contributed by atoms with E-state index in [9.17, 15) is 9.90 Å². The third kappa shape index (κ3) is 4.31. The molecule has 0 bridgehead atoms. The molecule has 4 rings (SSSR count). The number of nitrogens with zero attached hydrogens (tertiary/aromatic N) is 2. The van der Waals surface area contributed by atoms with Crippen molar-refractivity contribution in [2.75, 3.05) is 26.2 Å². The molecular formula is C24H36N2O3. The first-order chi connectivity index (χ1) is 13.8. The van der Waals surface area contributed by atoms with Crippen molar-refractivity contribution < 1.29 is 14.6 Å². The second-order valence-electron chi connectivity index (χ2n) is 10.2. The van der Waals surface area contributed by atoms with Crippen molar-refractivity contribution in [1.29, 1.82) is 0 Å². The SMILES string of the molecule is CC(C)(C)OC(=O)N1CCC(N2CCC3(CCCc4ccccc43)CC2)C(O)C1. The number of carbonyl (C=O) groups excluding carboxylic acids is 1. The predicted molar refractivity (Wildman–Crippen MR) is 114 cm³/mol. The standard InChI is InChI=1S/C24H36N2O3/c1-23(2,3)29-22(28)26-14-10-20(21(27)17-26)25-15-12-24(13-16-25)11-6-8-18-7-4-5-9-19(18)24/h4-5,7,9,20-21,27H,6,8,10-17H2,1-3H3. The normalized spacial score (nSPS) is 27.5. The van der Waals surface area contributed by atoms with Crippen LogP contribution in [0.4, 0.5) is 4.79 Å². The van der Waals surface area contributed by atoms with Crippen LogP contribution in [0.2, 0.25) is 0 Å². The average molecular weight is 401 g/mol. The molecule has 0 radical (unpaired) electrons. The lowest BCUT2D eigenvalue weighted by Crippen LogP contribution is -2.58. The van der Waals surface area contributed by atoms with Crippen LogP contribution in [0.15, 0.2) is 24.3 Å². The number of fused-ring (bicyclic) bond motifs is 2. The maximum atomic E-state index is 12.3. The van der Waals surface area contributed by atoms with Crippen molar-refractivity contribution in [2.45, 2.75) is 82.5 Å². The summed E-state index contributed by atoms with van der Waals surface area (Å²) in [6.45, 7) is 8.71. The Bertz CT molecular complexity index is 734. The maximum Gasteiger partial charge on any atom is 0.410 e. The molecule has 2 heterocycles. The summed E-state index contributed by atoms with van der Waals surface area (Å²) in [5, 5.41) is 10.8. The molecule has 160 valence electrons. The number of hydrogen-bond acceptors (Lipinski definition) is 4. The number of piperidine rings is 2. The minimum atomic E-state index is -0.510. The number of β-amino-alcohol motifs (C(OH)–C–C–N with tert-alkyl or cyclic N) is 1. The molecule has 1 aromatic carbocycles. The first-order valence-corrected chi connectivity index (χ1v) is 11.3. The quantitative estimate of drug-likeness (QED) is 0.781. The van der Waals surface area contributed by atoms with Crippen LogP contribution in [0, 0.1) is 0 Å². The Hall–Kier alpha value is -1.59. The molecule has 1 spiro atoms. The van der Waals surface area contributed by atoms with Gasteiger partial charge in [0.15, 0.2) is 0 Å². The fourth-order valence-corrected chi connectivity index (χ4v) is 5.65. The van der Waals surface area contributed by atoms with E-state index in [0.717, 1.165) is 19.5 Å². The molecule has 29 heavy (non-hydrogen) atoms. The topological polar surface area (TPSA) is 53.0 Å². The van der Waals surface area contributed by atoms with Gasteiger partial charge < -0.3 is 14.7 Å². The summed E-state index contributed by atoms with van der Waals surface area (Å²) in [6, 6.07) is 9.15. The Kier molecular flexibility index (Phi) is 5.64. The van der Waals surface area contributed by atoms with Gasteiger partial charge in [-0.05, 0) is 88.9 Å². The van der Waals surface area contributed by atoms with E-state index < -0.39 is 11.7 Å². The molecule has 2 fully saturated rings. The van der Waals surface area contributed by atoms with Gasteiger partial charge >= 0.3 is 6.09 Å². The van der Waals surface area contributed by atoms with Crippen LogP contribution in [0.3, 0.4) is 0 Å². The third-order valence-corrected chi connectivity index (χ3v) is 7.11. The van der Waals surface area contributed by atoms with Crippen molar-refractivity contribution in [3.63, 3.8) is 0 Å². The van der Waals surface area contributed by atoms with Crippen LogP contribution >= 0.6 is 0 Å². The zero-order valence-electron chi connectivity index (χ0n) is 18.2. The van der Waals surface area contributed by atoms with Crippen molar-refractivity contribution >= 4 is 6.09 Å². The number of aliphatic hydroxyl groups is 1. The van der Waals surface area contributed by atoms with E-state index in [1.54, 1.807) is 10.5 Å². The van der Waals surface area contributed by atoms with Gasteiger partial charge in [-0.25, -0.2) is 4.79 Å². The largest absolute Gasteiger partial charge is 0.444 e. The number of rotatable bonds is 1. The summed E-state index contributed by atoms with van der Waals surface area (Å²) in [4.78, 5) is 16.5. The number of amides is 1. The Morgan fingerprint density at radius 1 is 1.14 bits per heavy atom. The molecule has 2 saturated heterocycles. The van der Waals surface area contributed by atoms with E-state index >= 15 is 0 Å². The van der Waals surface area contributed by atoms with Crippen LogP contribution in [0.25, 0.3) is 0 Å². The number of benzene rings is 1. The van der Waals surface area contributed by atoms with Crippen molar-refractivity contribution in [1.82, 2.24) is 9.80 Å². The van der Waals surface area contributed by atoms with Gasteiger partial charge in [-0.1, -0.05) is 24.3 Å². The van der Waals surface area contributed by atoms with Crippen molar-refractivity contribution in [3.05, 3.63) is 35.4 Å². The highest BCUT2D eigenvalue weighted by Crippen LogP contribution is 2.45. The summed E-state index contributed by atoms with van der Waals surface area (Å²) in [5.41, 5.74) is 2.94. The number of ether oxygens (including phenoxy) is 1. The van der Waals surface area contributed by atoms with Crippen molar-refractivity contribution in [3.8, 4) is 0 Å². The van der Waals surface area contributed by atoms with E-state index in [-0.39, 0.29) is 12.1 Å². The van der Waals surface area contributed by atoms with E-state index in [4.69, 9.17) is 4.74 Å². The van der Waals surface area contributed by atoms with E-state index in [0.29, 0.717) is 18.5 Å². The van der Waals surface area contributed by atoms with Gasteiger partial charge in [0, 0.05) is 12.6 Å². The lowest BCUT2D eigenvalue weighted by Gasteiger charge is -2.49. The molecule has 0 saturated carbocycles. The highest BCUT2D eigenvalue weighted by Gasteiger charge is 2.42. The smallest absolute Gasteiger partial charge is 0.410 e. The molecular weight excluding hydrogens is 364 g/mol. The summed E-state index contributed by atoms with van der Waals surface area (Å²) < 4.78 is 5.48. The highest BCUT2D eigenvalue weighted by atomic mass is 16.6. The van der Waals surface area contributed by atoms with E-state index in [1.807, 2.05) is 20.8 Å². The molecule has 5 heteroatoms. The number of likely N-dealkylation sites (tertiary alicyclic amines) is 2. The number of carbonyl (C=O) groups is 1. The summed E-state index contributed by atoms with van der Waals surface area (Å²) >= 11 is 0. The molecule has 3 aliphatic rings. The van der Waals surface area contributed by atoms with Gasteiger partial charge in [0.05, 0.1) is 12.6 Å². The fraction of sp³-hybridized carbons (Fsp3) is 0.708. The monoisotopic (exact) mass is 400 g/mol. The van der Waals surface area contributed by atoms with Crippen LogP contribution in [0.5, 0.6) is 0 Å². The van der Waals surface area contributed by atoms with E-state index in [1.165, 1.54) is 37.7 Å². The van der Waals surface area contributed by atoms with Crippen molar-refractivity contribution in [2.24, 2.45) is 0 Å². The van der Waals surface area contributed by atoms with Crippen LogP contribution in [0.1, 0.15) is 64.0 Å². The Morgan fingerprint density at radius 2 is 1.86 bits per heavy atom. The molecule has 1 amide bonds. The molecule has 2 aliphatic heterocycles. The molecule has 0 aromatic heterocycles. The van der Waals surface area contributed by atoms with Crippen LogP contribution in [-0.2, 0) is 16.6 Å². The van der Waals surface area contributed by atoms with Gasteiger partial charge in [-0.2, -0.15) is 0 Å². The molecule has 2 unspecified atom stereocenters. The summed E-state index contributed by atoms with van der Waals surface area (Å²) in [7, 11) is 0.